The van der Waals surface area contributed by atoms with Gasteiger partial charge in [-0.15, -0.1) is 0 Å². The highest BCUT2D eigenvalue weighted by molar-refractivity contribution is 5.47. The molecule has 0 saturated carbocycles. The number of fused-ring (bicyclic) bond motifs is 1. The third-order valence-electron chi connectivity index (χ3n) is 3.62. The minimum absolute atomic E-state index is 0.113. The van der Waals surface area contributed by atoms with Crippen molar-refractivity contribution in [3.63, 3.8) is 0 Å². The van der Waals surface area contributed by atoms with Gasteiger partial charge in [0, 0.05) is 5.56 Å². The largest absolute Gasteiger partial charge is 0.504 e. The number of aryl methyl sites for hydroxylation is 1. The van der Waals surface area contributed by atoms with Crippen molar-refractivity contribution < 1.29 is 19.3 Å². The van der Waals surface area contributed by atoms with Gasteiger partial charge in [-0.05, 0) is 43.7 Å². The first kappa shape index (κ1) is 13.6. The Balaban J connectivity index is 1.96. The Labute approximate surface area is 123 Å². The summed E-state index contributed by atoms with van der Waals surface area (Å²) >= 11 is 0. The smallest absolute Gasteiger partial charge is 0.162 e. The van der Waals surface area contributed by atoms with Gasteiger partial charge in [-0.2, -0.15) is 0 Å². The van der Waals surface area contributed by atoms with Crippen LogP contribution in [0.25, 0.3) is 0 Å². The van der Waals surface area contributed by atoms with Crippen LogP contribution in [0, 0.1) is 6.92 Å². The van der Waals surface area contributed by atoms with Crippen molar-refractivity contribution >= 4 is 0 Å². The van der Waals surface area contributed by atoms with E-state index in [0.29, 0.717) is 5.75 Å². The minimum Gasteiger partial charge on any atom is -0.504 e. The molecule has 0 aliphatic carbocycles. The highest BCUT2D eigenvalue weighted by atomic mass is 16.6. The van der Waals surface area contributed by atoms with Crippen LogP contribution in [0.2, 0.25) is 0 Å². The van der Waals surface area contributed by atoms with Crippen LogP contribution in [0.5, 0.6) is 23.0 Å². The van der Waals surface area contributed by atoms with E-state index >= 15 is 0 Å². The summed E-state index contributed by atoms with van der Waals surface area (Å²) in [6.07, 6.45) is -0.372. The van der Waals surface area contributed by atoms with Crippen molar-refractivity contribution in [2.45, 2.75) is 26.1 Å². The van der Waals surface area contributed by atoms with Gasteiger partial charge in [-0.25, -0.2) is 0 Å². The van der Waals surface area contributed by atoms with Crippen molar-refractivity contribution in [3.8, 4) is 23.0 Å². The van der Waals surface area contributed by atoms with Gasteiger partial charge in [0.15, 0.2) is 29.1 Å². The first-order chi connectivity index (χ1) is 10.1. The Hall–Kier alpha value is -2.36. The Morgan fingerprint density at radius 1 is 1.05 bits per heavy atom. The Morgan fingerprint density at radius 2 is 1.86 bits per heavy atom. The van der Waals surface area contributed by atoms with Gasteiger partial charge in [0.05, 0.1) is 7.11 Å². The molecule has 4 nitrogen and oxygen atoms in total. The zero-order chi connectivity index (χ0) is 15.0. The Morgan fingerprint density at radius 3 is 2.62 bits per heavy atom. The topological polar surface area (TPSA) is 47.9 Å². The normalized spacial score (nSPS) is 20.1. The van der Waals surface area contributed by atoms with Crippen LogP contribution in [-0.4, -0.2) is 18.3 Å². The molecule has 0 aromatic heterocycles. The number of rotatable bonds is 2. The van der Waals surface area contributed by atoms with Gasteiger partial charge in [0.25, 0.3) is 0 Å². The molecule has 21 heavy (non-hydrogen) atoms. The fourth-order valence-electron chi connectivity index (χ4n) is 2.51. The van der Waals surface area contributed by atoms with E-state index in [1.54, 1.807) is 12.1 Å². The summed E-state index contributed by atoms with van der Waals surface area (Å²) < 4.78 is 17.2. The maximum Gasteiger partial charge on any atom is 0.162 e. The molecule has 1 N–H and O–H groups in total. The van der Waals surface area contributed by atoms with Crippen LogP contribution in [-0.2, 0) is 0 Å². The predicted molar refractivity (Wildman–Crippen MR) is 79.3 cm³/mol. The molecule has 2 unspecified atom stereocenters. The molecule has 3 rings (SSSR count). The molecule has 0 saturated heterocycles. The van der Waals surface area contributed by atoms with Crippen LogP contribution < -0.4 is 14.2 Å². The third-order valence-corrected chi connectivity index (χ3v) is 3.62. The van der Waals surface area contributed by atoms with E-state index in [1.165, 1.54) is 7.11 Å². The molecule has 110 valence electrons. The van der Waals surface area contributed by atoms with Crippen LogP contribution in [0.1, 0.15) is 24.2 Å². The molecule has 2 atom stereocenters. The number of hydrogen-bond donors (Lipinski definition) is 1. The fraction of sp³-hybridized carbons (Fsp3) is 0.294. The lowest BCUT2D eigenvalue weighted by molar-refractivity contribution is 0.0305. The number of phenolic OH excluding ortho intramolecular Hbond substituents is 1. The van der Waals surface area contributed by atoms with Crippen molar-refractivity contribution in [3.05, 3.63) is 47.5 Å². The van der Waals surface area contributed by atoms with Gasteiger partial charge in [0.1, 0.15) is 6.10 Å². The average molecular weight is 286 g/mol. The van der Waals surface area contributed by atoms with E-state index in [-0.39, 0.29) is 18.0 Å². The fourth-order valence-corrected chi connectivity index (χ4v) is 2.51. The molecule has 0 amide bonds. The average Bonchev–Trinajstić information content (AvgIpc) is 2.48. The summed E-state index contributed by atoms with van der Waals surface area (Å²) in [6.45, 7) is 3.98. The summed E-state index contributed by atoms with van der Waals surface area (Å²) in [5.41, 5.74) is 2.03. The maximum absolute atomic E-state index is 9.70. The first-order valence-electron chi connectivity index (χ1n) is 6.89. The summed E-state index contributed by atoms with van der Waals surface area (Å²) in [7, 11) is 1.53. The van der Waals surface area contributed by atoms with Gasteiger partial charge in [-0.1, -0.05) is 12.1 Å². The van der Waals surface area contributed by atoms with Crippen LogP contribution >= 0.6 is 0 Å². The van der Waals surface area contributed by atoms with Crippen molar-refractivity contribution in [2.75, 3.05) is 7.11 Å². The number of phenols is 1. The molecule has 0 spiro atoms. The lowest BCUT2D eigenvalue weighted by Gasteiger charge is -2.32. The predicted octanol–water partition coefficient (Wildman–Crippen LogP) is 3.61. The highest BCUT2D eigenvalue weighted by Crippen LogP contribution is 2.41. The second kappa shape index (κ2) is 5.20. The van der Waals surface area contributed by atoms with Gasteiger partial charge < -0.3 is 19.3 Å². The SMILES string of the molecule is COc1cc(C2Oc3cc(C)ccc3OC2C)ccc1O. The molecule has 1 aliphatic rings. The molecule has 2 aromatic carbocycles. The molecule has 2 aromatic rings. The Bertz CT molecular complexity index is 666. The number of benzene rings is 2. The second-order valence-electron chi connectivity index (χ2n) is 5.24. The van der Waals surface area contributed by atoms with Gasteiger partial charge in [-0.3, -0.25) is 0 Å². The monoisotopic (exact) mass is 286 g/mol. The lowest BCUT2D eigenvalue weighted by Crippen LogP contribution is -2.30. The lowest BCUT2D eigenvalue weighted by atomic mass is 10.0. The van der Waals surface area contributed by atoms with E-state index < -0.39 is 0 Å². The molecule has 1 heterocycles. The van der Waals surface area contributed by atoms with E-state index in [1.807, 2.05) is 38.1 Å². The highest BCUT2D eigenvalue weighted by Gasteiger charge is 2.30. The standard InChI is InChI=1S/C17H18O4/c1-10-4-7-14-16(8-10)21-17(11(2)20-14)12-5-6-13(18)15(9-12)19-3/h4-9,11,17-18H,1-3H3. The van der Waals surface area contributed by atoms with Crippen LogP contribution in [0.4, 0.5) is 0 Å². The van der Waals surface area contributed by atoms with E-state index in [4.69, 9.17) is 14.2 Å². The van der Waals surface area contributed by atoms with Gasteiger partial charge in [0.2, 0.25) is 0 Å². The van der Waals surface area contributed by atoms with Crippen molar-refractivity contribution in [2.24, 2.45) is 0 Å². The minimum atomic E-state index is -0.242. The van der Waals surface area contributed by atoms with Gasteiger partial charge >= 0.3 is 0 Å². The molecule has 0 bridgehead atoms. The summed E-state index contributed by atoms with van der Waals surface area (Å²) in [5, 5.41) is 9.70. The number of hydrogen-bond acceptors (Lipinski definition) is 4. The van der Waals surface area contributed by atoms with Crippen molar-refractivity contribution in [1.29, 1.82) is 0 Å². The summed E-state index contributed by atoms with van der Waals surface area (Å²) in [5.74, 6) is 2.04. The third kappa shape index (κ3) is 2.49. The molecule has 0 fully saturated rings. The molecular weight excluding hydrogens is 268 g/mol. The summed E-state index contributed by atoms with van der Waals surface area (Å²) in [6, 6.07) is 11.1. The van der Waals surface area contributed by atoms with Crippen molar-refractivity contribution in [1.82, 2.24) is 0 Å². The summed E-state index contributed by atoms with van der Waals surface area (Å²) in [4.78, 5) is 0. The molecule has 1 aliphatic heterocycles. The zero-order valence-electron chi connectivity index (χ0n) is 12.3. The number of ether oxygens (including phenoxy) is 3. The zero-order valence-corrected chi connectivity index (χ0v) is 12.3. The second-order valence-corrected chi connectivity index (χ2v) is 5.24. The number of methoxy groups -OCH3 is 1. The quantitative estimate of drug-likeness (QED) is 0.916. The number of aromatic hydroxyl groups is 1. The Kier molecular flexibility index (Phi) is 3.37. The van der Waals surface area contributed by atoms with Crippen LogP contribution in [0.3, 0.4) is 0 Å². The molecule has 0 radical (unpaired) electrons. The van der Waals surface area contributed by atoms with E-state index in [9.17, 15) is 5.11 Å². The molecular formula is C17H18O4. The molecule has 4 heteroatoms. The van der Waals surface area contributed by atoms with E-state index in [0.717, 1.165) is 22.6 Å². The van der Waals surface area contributed by atoms with E-state index in [2.05, 4.69) is 0 Å². The maximum atomic E-state index is 9.70. The van der Waals surface area contributed by atoms with Crippen LogP contribution in [0.15, 0.2) is 36.4 Å². The first-order valence-corrected chi connectivity index (χ1v) is 6.89.